The first-order chi connectivity index (χ1) is 6.74. The van der Waals surface area contributed by atoms with Crippen molar-refractivity contribution >= 4 is 5.97 Å². The third-order valence-electron chi connectivity index (χ3n) is 1.43. The summed E-state index contributed by atoms with van der Waals surface area (Å²) in [6.45, 7) is 3.24. The Morgan fingerprint density at radius 1 is 1.43 bits per heavy atom. The van der Waals surface area contributed by atoms with E-state index in [2.05, 4.69) is 16.4 Å². The Morgan fingerprint density at radius 3 is 2.64 bits per heavy atom. The number of carbonyl (C=O) groups is 1. The van der Waals surface area contributed by atoms with Gasteiger partial charge in [0.2, 0.25) is 6.29 Å². The number of hydrogen-bond acceptors (Lipinski definition) is 4. The second-order valence-electron chi connectivity index (χ2n) is 2.46. The fourth-order valence-electron chi connectivity index (χ4n) is 0.755. The number of aliphatic hydroxyl groups excluding tert-OH is 1. The van der Waals surface area contributed by atoms with Crippen LogP contribution in [0.5, 0.6) is 0 Å². The monoisotopic (exact) mass is 194 g/mol. The number of hydrogen-bond donors (Lipinski definition) is 1. The van der Waals surface area contributed by atoms with Crippen LogP contribution in [0.4, 0.5) is 0 Å². The van der Waals surface area contributed by atoms with Crippen LogP contribution >= 0.6 is 0 Å². The van der Waals surface area contributed by atoms with Gasteiger partial charge in [-0.25, -0.2) is 4.79 Å². The van der Waals surface area contributed by atoms with Gasteiger partial charge in [0.1, 0.15) is 0 Å². The maximum atomic E-state index is 11.2. The first-order valence-electron chi connectivity index (χ1n) is 3.97. The third kappa shape index (κ3) is 3.01. The molecule has 14 heavy (non-hydrogen) atoms. The normalized spacial score (nSPS) is 11.8. The van der Waals surface area contributed by atoms with Gasteiger partial charge in [-0.2, -0.15) is 0 Å². The molecule has 0 fully saturated rings. The molecule has 0 aliphatic carbocycles. The summed E-state index contributed by atoms with van der Waals surface area (Å²) in [5.41, 5.74) is 0.351. The van der Waals surface area contributed by atoms with Crippen LogP contribution in [0.15, 0.2) is 43.0 Å². The largest absolute Gasteiger partial charge is 0.373 e. The van der Waals surface area contributed by atoms with Crippen LogP contribution in [-0.2, 0) is 9.78 Å². The molecular weight excluding hydrogens is 184 g/mol. The van der Waals surface area contributed by atoms with E-state index < -0.39 is 12.3 Å². The molecule has 0 aliphatic heterocycles. The summed E-state index contributed by atoms with van der Waals surface area (Å²) in [6.07, 6.45) is -0.208. The van der Waals surface area contributed by atoms with Crippen molar-refractivity contribution in [3.63, 3.8) is 0 Å². The number of benzene rings is 1. The van der Waals surface area contributed by atoms with E-state index >= 15 is 0 Å². The highest BCUT2D eigenvalue weighted by Gasteiger charge is 2.09. The number of aliphatic hydroxyl groups is 1. The molecule has 1 aromatic rings. The maximum Gasteiger partial charge on any atom is 0.373 e. The maximum absolute atomic E-state index is 11.2. The molecule has 0 spiro atoms. The van der Waals surface area contributed by atoms with E-state index in [1.54, 1.807) is 30.3 Å². The van der Waals surface area contributed by atoms with Crippen molar-refractivity contribution in [2.75, 3.05) is 0 Å². The molecule has 4 heteroatoms. The van der Waals surface area contributed by atoms with E-state index in [9.17, 15) is 4.79 Å². The van der Waals surface area contributed by atoms with Gasteiger partial charge >= 0.3 is 5.97 Å². The van der Waals surface area contributed by atoms with E-state index in [1.165, 1.54) is 0 Å². The molecule has 1 unspecified atom stereocenters. The fraction of sp³-hybridized carbons (Fsp3) is 0.100. The second kappa shape index (κ2) is 5.16. The second-order valence-corrected chi connectivity index (χ2v) is 2.46. The van der Waals surface area contributed by atoms with Gasteiger partial charge in [-0.3, -0.25) is 4.89 Å². The van der Waals surface area contributed by atoms with Crippen molar-refractivity contribution in [2.45, 2.75) is 6.29 Å². The molecule has 0 amide bonds. The predicted octanol–water partition coefficient (Wildman–Crippen LogP) is 1.28. The van der Waals surface area contributed by atoms with E-state index in [0.29, 0.717) is 5.56 Å². The molecule has 0 bridgehead atoms. The van der Waals surface area contributed by atoms with Gasteiger partial charge in [-0.05, 0) is 18.2 Å². The van der Waals surface area contributed by atoms with Gasteiger partial charge in [0.15, 0.2) is 0 Å². The average Bonchev–Trinajstić information content (AvgIpc) is 2.26. The van der Waals surface area contributed by atoms with Crippen molar-refractivity contribution in [1.29, 1.82) is 0 Å². The molecule has 0 aromatic heterocycles. The van der Waals surface area contributed by atoms with Crippen molar-refractivity contribution in [2.24, 2.45) is 0 Å². The Balaban J connectivity index is 2.47. The lowest BCUT2D eigenvalue weighted by Crippen LogP contribution is -2.13. The summed E-state index contributed by atoms with van der Waals surface area (Å²) >= 11 is 0. The smallest absolute Gasteiger partial charge is 0.362 e. The molecule has 0 saturated heterocycles. The highest BCUT2D eigenvalue weighted by molar-refractivity contribution is 5.88. The van der Waals surface area contributed by atoms with Crippen LogP contribution in [0.25, 0.3) is 0 Å². The Bertz CT molecular complexity index is 307. The van der Waals surface area contributed by atoms with Crippen molar-refractivity contribution in [3.05, 3.63) is 48.6 Å². The number of carbonyl (C=O) groups excluding carboxylic acids is 1. The summed E-state index contributed by atoms with van der Waals surface area (Å²) in [6, 6.07) is 8.31. The predicted molar refractivity (Wildman–Crippen MR) is 49.1 cm³/mol. The van der Waals surface area contributed by atoms with Crippen LogP contribution in [0.2, 0.25) is 0 Å². The minimum Gasteiger partial charge on any atom is -0.362 e. The standard InChI is InChI=1S/C10H10O4/c1-2-9(11)13-14-10(12)8-6-4-3-5-7-8/h2-7,9,11H,1H2. The first kappa shape index (κ1) is 10.4. The molecule has 1 aromatic carbocycles. The summed E-state index contributed by atoms with van der Waals surface area (Å²) in [5, 5.41) is 8.84. The van der Waals surface area contributed by atoms with Gasteiger partial charge in [-0.15, -0.1) is 4.89 Å². The molecule has 0 radical (unpaired) electrons. The highest BCUT2D eigenvalue weighted by Crippen LogP contribution is 2.02. The van der Waals surface area contributed by atoms with Gasteiger partial charge in [0.25, 0.3) is 0 Å². The molecule has 1 atom stereocenters. The Hall–Kier alpha value is -1.65. The van der Waals surface area contributed by atoms with Crippen LogP contribution < -0.4 is 0 Å². The summed E-state index contributed by atoms with van der Waals surface area (Å²) < 4.78 is 0. The quantitative estimate of drug-likeness (QED) is 0.339. The first-order valence-corrected chi connectivity index (χ1v) is 3.97. The molecule has 0 aliphatic rings. The molecule has 4 nitrogen and oxygen atoms in total. The topological polar surface area (TPSA) is 55.8 Å². The van der Waals surface area contributed by atoms with Crippen molar-refractivity contribution in [3.8, 4) is 0 Å². The summed E-state index contributed by atoms with van der Waals surface area (Å²) in [4.78, 5) is 19.8. The molecule has 1 rings (SSSR count). The van der Waals surface area contributed by atoms with E-state index in [-0.39, 0.29) is 0 Å². The zero-order valence-corrected chi connectivity index (χ0v) is 7.42. The lowest BCUT2D eigenvalue weighted by molar-refractivity contribution is -0.311. The summed E-state index contributed by atoms with van der Waals surface area (Å²) in [5.74, 6) is -0.661. The number of rotatable bonds is 4. The van der Waals surface area contributed by atoms with Crippen LogP contribution in [0.1, 0.15) is 10.4 Å². The minimum absolute atomic E-state index is 0.351. The Labute approximate surface area is 81.3 Å². The zero-order valence-electron chi connectivity index (χ0n) is 7.42. The van der Waals surface area contributed by atoms with Crippen molar-refractivity contribution < 1.29 is 19.7 Å². The van der Waals surface area contributed by atoms with Crippen LogP contribution in [0, 0.1) is 0 Å². The van der Waals surface area contributed by atoms with Gasteiger partial charge in [0, 0.05) is 0 Å². The molecular formula is C10H10O4. The highest BCUT2D eigenvalue weighted by atomic mass is 17.2. The Kier molecular flexibility index (Phi) is 3.84. The molecule has 0 heterocycles. The molecule has 1 N–H and O–H groups in total. The lowest BCUT2D eigenvalue weighted by atomic mass is 10.2. The van der Waals surface area contributed by atoms with Crippen LogP contribution in [-0.4, -0.2) is 17.4 Å². The van der Waals surface area contributed by atoms with E-state index in [1.807, 2.05) is 0 Å². The van der Waals surface area contributed by atoms with Gasteiger partial charge in [0.05, 0.1) is 5.56 Å². The van der Waals surface area contributed by atoms with E-state index in [0.717, 1.165) is 6.08 Å². The average molecular weight is 194 g/mol. The Morgan fingerprint density at radius 2 is 2.07 bits per heavy atom. The minimum atomic E-state index is -1.30. The zero-order chi connectivity index (χ0) is 10.4. The summed E-state index contributed by atoms with van der Waals surface area (Å²) in [7, 11) is 0. The van der Waals surface area contributed by atoms with Crippen LogP contribution in [0.3, 0.4) is 0 Å². The van der Waals surface area contributed by atoms with Gasteiger partial charge < -0.3 is 5.11 Å². The molecule has 74 valence electrons. The third-order valence-corrected chi connectivity index (χ3v) is 1.43. The molecule has 0 saturated carbocycles. The van der Waals surface area contributed by atoms with E-state index in [4.69, 9.17) is 5.11 Å². The fourth-order valence-corrected chi connectivity index (χ4v) is 0.755. The SMILES string of the molecule is C=CC(O)OOC(=O)c1ccccc1. The van der Waals surface area contributed by atoms with Gasteiger partial charge in [-0.1, -0.05) is 24.8 Å². The lowest BCUT2D eigenvalue weighted by Gasteiger charge is -2.05. The van der Waals surface area contributed by atoms with Crippen molar-refractivity contribution in [1.82, 2.24) is 0 Å².